The van der Waals surface area contributed by atoms with Crippen LogP contribution in [0.4, 0.5) is 0 Å². The van der Waals surface area contributed by atoms with E-state index in [4.69, 9.17) is 5.73 Å². The monoisotopic (exact) mass is 255 g/mol. The number of carbonyl (C=O) groups is 2. The van der Waals surface area contributed by atoms with Gasteiger partial charge in [0, 0.05) is 13.0 Å². The first-order valence-corrected chi connectivity index (χ1v) is 6.92. The number of nitrogens with one attached hydrogen (secondary N) is 2. The molecule has 1 atom stereocenters. The number of nitrogens with two attached hydrogens (primary N) is 1. The van der Waals surface area contributed by atoms with Crippen molar-refractivity contribution in [2.75, 3.05) is 13.1 Å². The van der Waals surface area contributed by atoms with Gasteiger partial charge in [-0.2, -0.15) is 0 Å². The Labute approximate surface area is 109 Å². The maximum Gasteiger partial charge on any atom is 0.240 e. The number of hydrogen-bond donors (Lipinski definition) is 3. The van der Waals surface area contributed by atoms with Gasteiger partial charge in [-0.3, -0.25) is 9.59 Å². The molecule has 0 saturated carbocycles. The summed E-state index contributed by atoms with van der Waals surface area (Å²) in [6, 6.07) is 0. The summed E-state index contributed by atoms with van der Waals surface area (Å²) < 4.78 is 0. The van der Waals surface area contributed by atoms with Gasteiger partial charge in [0.1, 0.15) is 0 Å². The van der Waals surface area contributed by atoms with Crippen LogP contribution in [0.25, 0.3) is 0 Å². The van der Waals surface area contributed by atoms with Gasteiger partial charge in [0.2, 0.25) is 11.8 Å². The van der Waals surface area contributed by atoms with E-state index in [1.807, 2.05) is 0 Å². The zero-order valence-electron chi connectivity index (χ0n) is 11.3. The molecule has 1 unspecified atom stereocenters. The molecule has 4 N–H and O–H groups in total. The number of rotatable bonds is 8. The van der Waals surface area contributed by atoms with Crippen LogP contribution in [0, 0.1) is 0 Å². The normalized spacial score (nSPS) is 22.9. The molecule has 1 heterocycles. The van der Waals surface area contributed by atoms with Gasteiger partial charge in [-0.05, 0) is 38.6 Å². The first kappa shape index (κ1) is 15.0. The van der Waals surface area contributed by atoms with Crippen LogP contribution in [0.5, 0.6) is 0 Å². The predicted octanol–water partition coefficient (Wildman–Crippen LogP) is 0.681. The van der Waals surface area contributed by atoms with Gasteiger partial charge in [0.15, 0.2) is 0 Å². The second kappa shape index (κ2) is 7.36. The molecule has 0 spiro atoms. The van der Waals surface area contributed by atoms with E-state index in [-0.39, 0.29) is 17.4 Å². The van der Waals surface area contributed by atoms with E-state index in [0.717, 1.165) is 45.1 Å². The number of hydrogen-bond acceptors (Lipinski definition) is 3. The summed E-state index contributed by atoms with van der Waals surface area (Å²) in [6.07, 6.45) is 5.82. The molecule has 1 saturated heterocycles. The summed E-state index contributed by atoms with van der Waals surface area (Å²) >= 11 is 0. The van der Waals surface area contributed by atoms with Crippen molar-refractivity contribution in [1.29, 1.82) is 0 Å². The Morgan fingerprint density at radius 3 is 2.72 bits per heavy atom. The topological polar surface area (TPSA) is 84.2 Å². The number of primary amides is 1. The van der Waals surface area contributed by atoms with E-state index >= 15 is 0 Å². The molecule has 1 rings (SSSR count). The van der Waals surface area contributed by atoms with Crippen LogP contribution < -0.4 is 16.4 Å². The average Bonchev–Trinajstić information content (AvgIpc) is 2.78. The summed E-state index contributed by atoms with van der Waals surface area (Å²) in [7, 11) is 0. The zero-order chi connectivity index (χ0) is 13.4. The molecule has 5 heteroatoms. The molecule has 0 aromatic rings. The minimum absolute atomic E-state index is 0.112. The number of carbonyl (C=O) groups excluding carboxylic acids is 2. The van der Waals surface area contributed by atoms with Crippen LogP contribution in [0.3, 0.4) is 0 Å². The third-order valence-corrected chi connectivity index (χ3v) is 3.49. The lowest BCUT2D eigenvalue weighted by molar-refractivity contribution is -0.127. The van der Waals surface area contributed by atoms with E-state index in [0.29, 0.717) is 13.0 Å². The molecule has 0 radical (unpaired) electrons. The molecule has 1 fully saturated rings. The standard InChI is InChI=1S/C13H25N3O2/c1-2-7-13(8-5-10-16-13)12(18)15-9-4-3-6-11(14)17/h16H,2-10H2,1H3,(H2,14,17)(H,15,18). The Morgan fingerprint density at radius 1 is 1.39 bits per heavy atom. The van der Waals surface area contributed by atoms with Gasteiger partial charge in [0.05, 0.1) is 5.54 Å². The molecule has 104 valence electrons. The second-order valence-corrected chi connectivity index (χ2v) is 5.04. The maximum atomic E-state index is 12.2. The Kier molecular flexibility index (Phi) is 6.12. The van der Waals surface area contributed by atoms with Crippen molar-refractivity contribution in [1.82, 2.24) is 10.6 Å². The van der Waals surface area contributed by atoms with Crippen LogP contribution in [-0.2, 0) is 9.59 Å². The minimum Gasteiger partial charge on any atom is -0.370 e. The molecule has 0 aromatic heterocycles. The van der Waals surface area contributed by atoms with E-state index in [2.05, 4.69) is 17.6 Å². The molecule has 2 amide bonds. The van der Waals surface area contributed by atoms with Crippen molar-refractivity contribution < 1.29 is 9.59 Å². The number of amides is 2. The second-order valence-electron chi connectivity index (χ2n) is 5.04. The summed E-state index contributed by atoms with van der Waals surface area (Å²) in [6.45, 7) is 3.65. The van der Waals surface area contributed by atoms with Crippen LogP contribution >= 0.6 is 0 Å². The summed E-state index contributed by atoms with van der Waals surface area (Å²) in [5, 5.41) is 6.31. The van der Waals surface area contributed by atoms with Gasteiger partial charge < -0.3 is 16.4 Å². The van der Waals surface area contributed by atoms with Crippen LogP contribution in [0.2, 0.25) is 0 Å². The SMILES string of the molecule is CCCC1(C(=O)NCCCCC(N)=O)CCCN1. The van der Waals surface area contributed by atoms with Crippen molar-refractivity contribution in [3.8, 4) is 0 Å². The highest BCUT2D eigenvalue weighted by Gasteiger charge is 2.39. The molecule has 0 aliphatic carbocycles. The third kappa shape index (κ3) is 4.29. The smallest absolute Gasteiger partial charge is 0.240 e. The van der Waals surface area contributed by atoms with Crippen molar-refractivity contribution in [3.05, 3.63) is 0 Å². The van der Waals surface area contributed by atoms with Crippen LogP contribution in [0.1, 0.15) is 51.9 Å². The van der Waals surface area contributed by atoms with Gasteiger partial charge in [-0.25, -0.2) is 0 Å². The molecular formula is C13H25N3O2. The van der Waals surface area contributed by atoms with Gasteiger partial charge in [0.25, 0.3) is 0 Å². The molecule has 1 aliphatic heterocycles. The van der Waals surface area contributed by atoms with Crippen molar-refractivity contribution in [3.63, 3.8) is 0 Å². The molecular weight excluding hydrogens is 230 g/mol. The average molecular weight is 255 g/mol. The molecule has 0 aromatic carbocycles. The first-order valence-electron chi connectivity index (χ1n) is 6.92. The molecule has 18 heavy (non-hydrogen) atoms. The molecule has 0 bridgehead atoms. The summed E-state index contributed by atoms with van der Waals surface area (Å²) in [5.74, 6) is -0.165. The fourth-order valence-electron chi connectivity index (χ4n) is 2.55. The molecule has 5 nitrogen and oxygen atoms in total. The fraction of sp³-hybridized carbons (Fsp3) is 0.846. The lowest BCUT2D eigenvalue weighted by Gasteiger charge is -2.27. The lowest BCUT2D eigenvalue weighted by atomic mass is 9.91. The highest BCUT2D eigenvalue weighted by atomic mass is 16.2. The largest absolute Gasteiger partial charge is 0.370 e. The van der Waals surface area contributed by atoms with Crippen molar-refractivity contribution >= 4 is 11.8 Å². The fourth-order valence-corrected chi connectivity index (χ4v) is 2.55. The maximum absolute atomic E-state index is 12.2. The highest BCUT2D eigenvalue weighted by Crippen LogP contribution is 2.24. The van der Waals surface area contributed by atoms with Gasteiger partial charge in [-0.1, -0.05) is 13.3 Å². The summed E-state index contributed by atoms with van der Waals surface area (Å²) in [4.78, 5) is 22.8. The Morgan fingerprint density at radius 2 is 2.17 bits per heavy atom. The number of unbranched alkanes of at least 4 members (excludes halogenated alkanes) is 1. The quantitative estimate of drug-likeness (QED) is 0.558. The van der Waals surface area contributed by atoms with E-state index in [9.17, 15) is 9.59 Å². The molecule has 1 aliphatic rings. The predicted molar refractivity (Wildman–Crippen MR) is 70.9 cm³/mol. The van der Waals surface area contributed by atoms with Crippen LogP contribution in [0.15, 0.2) is 0 Å². The lowest BCUT2D eigenvalue weighted by Crippen LogP contribution is -2.53. The highest BCUT2D eigenvalue weighted by molar-refractivity contribution is 5.86. The summed E-state index contributed by atoms with van der Waals surface area (Å²) in [5.41, 5.74) is 4.71. The van der Waals surface area contributed by atoms with E-state index in [1.165, 1.54) is 0 Å². The minimum atomic E-state index is -0.349. The van der Waals surface area contributed by atoms with Gasteiger partial charge >= 0.3 is 0 Å². The Balaban J connectivity index is 2.27. The van der Waals surface area contributed by atoms with E-state index < -0.39 is 0 Å². The van der Waals surface area contributed by atoms with Crippen molar-refractivity contribution in [2.45, 2.75) is 57.4 Å². The third-order valence-electron chi connectivity index (χ3n) is 3.49. The van der Waals surface area contributed by atoms with Crippen molar-refractivity contribution in [2.24, 2.45) is 5.73 Å². The van der Waals surface area contributed by atoms with E-state index in [1.54, 1.807) is 0 Å². The Bertz CT molecular complexity index is 286. The Hall–Kier alpha value is -1.10. The van der Waals surface area contributed by atoms with Crippen LogP contribution in [-0.4, -0.2) is 30.4 Å². The zero-order valence-corrected chi connectivity index (χ0v) is 11.3. The first-order chi connectivity index (χ1) is 8.60. The van der Waals surface area contributed by atoms with Gasteiger partial charge in [-0.15, -0.1) is 0 Å².